The van der Waals surface area contributed by atoms with Crippen LogP contribution in [0.1, 0.15) is 44.5 Å². The van der Waals surface area contributed by atoms with E-state index in [0.29, 0.717) is 25.1 Å². The molecule has 0 unspecified atom stereocenters. The number of carbonyl (C=O) groups is 2. The molecule has 1 aromatic carbocycles. The fourth-order valence-electron chi connectivity index (χ4n) is 2.10. The highest BCUT2D eigenvalue weighted by molar-refractivity contribution is 7.80. The van der Waals surface area contributed by atoms with Gasteiger partial charge < -0.3 is 15.5 Å². The van der Waals surface area contributed by atoms with Crippen molar-refractivity contribution >= 4 is 34.8 Å². The number of hydrogen-bond donors (Lipinski definition) is 2. The molecule has 0 fully saturated rings. The predicted molar refractivity (Wildman–Crippen MR) is 97.5 cm³/mol. The van der Waals surface area contributed by atoms with Crippen molar-refractivity contribution in [1.82, 2.24) is 10.2 Å². The molecule has 0 saturated carbocycles. The van der Waals surface area contributed by atoms with Crippen LogP contribution in [0.5, 0.6) is 0 Å². The Balaban J connectivity index is 2.62. The average Bonchev–Trinajstić information content (AvgIpc) is 2.47. The number of thiocarbonyl (C=S) groups is 1. The van der Waals surface area contributed by atoms with E-state index in [1.807, 2.05) is 27.7 Å². The van der Waals surface area contributed by atoms with Crippen molar-refractivity contribution in [2.24, 2.45) is 5.92 Å². The lowest BCUT2D eigenvalue weighted by Crippen LogP contribution is -2.34. The van der Waals surface area contributed by atoms with Crippen molar-refractivity contribution in [3.63, 3.8) is 0 Å². The zero-order valence-electron chi connectivity index (χ0n) is 14.2. The number of nitrogens with zero attached hydrogens (tertiary/aromatic N) is 1. The third-order valence-electron chi connectivity index (χ3n) is 3.29. The highest BCUT2D eigenvalue weighted by atomic mass is 32.1. The van der Waals surface area contributed by atoms with Gasteiger partial charge >= 0.3 is 0 Å². The van der Waals surface area contributed by atoms with Crippen LogP contribution >= 0.6 is 12.2 Å². The molecule has 0 bridgehead atoms. The second-order valence-electron chi connectivity index (χ2n) is 5.66. The third-order valence-corrected chi connectivity index (χ3v) is 3.49. The first-order valence-electron chi connectivity index (χ1n) is 7.87. The predicted octanol–water partition coefficient (Wildman–Crippen LogP) is 3.03. The minimum Gasteiger partial charge on any atom is -0.339 e. The van der Waals surface area contributed by atoms with Crippen LogP contribution in [0, 0.1) is 5.92 Å². The maximum Gasteiger partial charge on any atom is 0.253 e. The third kappa shape index (κ3) is 6.36. The molecule has 0 atom stereocenters. The molecule has 0 aliphatic rings. The molecule has 0 saturated heterocycles. The van der Waals surface area contributed by atoms with Gasteiger partial charge in [0.2, 0.25) is 5.91 Å². The van der Waals surface area contributed by atoms with E-state index in [1.165, 1.54) is 0 Å². The van der Waals surface area contributed by atoms with Crippen molar-refractivity contribution in [3.8, 4) is 0 Å². The van der Waals surface area contributed by atoms with E-state index in [-0.39, 0.29) is 22.8 Å². The Morgan fingerprint density at radius 2 is 1.70 bits per heavy atom. The van der Waals surface area contributed by atoms with Crippen molar-refractivity contribution < 1.29 is 9.59 Å². The fraction of sp³-hybridized carbons (Fsp3) is 0.471. The summed E-state index contributed by atoms with van der Waals surface area (Å²) in [6, 6.07) is 7.05. The Labute approximate surface area is 143 Å². The Morgan fingerprint density at radius 1 is 1.13 bits per heavy atom. The summed E-state index contributed by atoms with van der Waals surface area (Å²) in [4.78, 5) is 25.6. The van der Waals surface area contributed by atoms with Crippen LogP contribution in [0.15, 0.2) is 24.3 Å². The molecular formula is C17H25N3O2S. The van der Waals surface area contributed by atoms with Gasteiger partial charge in [0, 0.05) is 30.8 Å². The number of carbonyl (C=O) groups excluding carboxylic acids is 2. The van der Waals surface area contributed by atoms with Crippen LogP contribution in [-0.2, 0) is 4.79 Å². The van der Waals surface area contributed by atoms with Gasteiger partial charge in [-0.2, -0.15) is 0 Å². The molecule has 2 amide bonds. The second kappa shape index (κ2) is 9.25. The zero-order valence-corrected chi connectivity index (χ0v) is 15.0. The minimum atomic E-state index is -0.106. The number of rotatable bonds is 6. The van der Waals surface area contributed by atoms with Crippen LogP contribution < -0.4 is 10.6 Å². The first-order chi connectivity index (χ1) is 10.9. The molecule has 0 radical (unpaired) electrons. The molecule has 1 rings (SSSR count). The standard InChI is InChI=1S/C17H25N3O2S/c1-5-20(6-2)16(22)13-7-9-14(10-8-13)18-17(23)19-15(21)11-12(3)4/h7-10,12H,5-6,11H2,1-4H3,(H2,18,19,21,23). The van der Waals surface area contributed by atoms with E-state index >= 15 is 0 Å². The minimum absolute atomic E-state index is 0.00867. The molecule has 0 spiro atoms. The monoisotopic (exact) mass is 335 g/mol. The van der Waals surface area contributed by atoms with Crippen LogP contribution in [0.2, 0.25) is 0 Å². The SMILES string of the molecule is CCN(CC)C(=O)c1ccc(NC(=S)NC(=O)CC(C)C)cc1. The number of hydrogen-bond acceptors (Lipinski definition) is 3. The lowest BCUT2D eigenvalue weighted by molar-refractivity contribution is -0.120. The molecule has 6 heteroatoms. The lowest BCUT2D eigenvalue weighted by atomic mass is 10.1. The lowest BCUT2D eigenvalue weighted by Gasteiger charge is -2.18. The van der Waals surface area contributed by atoms with Crippen molar-refractivity contribution in [2.45, 2.75) is 34.1 Å². The van der Waals surface area contributed by atoms with Crippen LogP contribution in [0.25, 0.3) is 0 Å². The van der Waals surface area contributed by atoms with Gasteiger partial charge in [-0.05, 0) is 56.2 Å². The summed E-state index contributed by atoms with van der Waals surface area (Å²) in [7, 11) is 0. The quantitative estimate of drug-likeness (QED) is 0.785. The van der Waals surface area contributed by atoms with Gasteiger partial charge in [0.25, 0.3) is 5.91 Å². The van der Waals surface area contributed by atoms with Crippen molar-refractivity contribution in [1.29, 1.82) is 0 Å². The van der Waals surface area contributed by atoms with E-state index in [2.05, 4.69) is 10.6 Å². The van der Waals surface area contributed by atoms with Crippen LogP contribution in [-0.4, -0.2) is 34.9 Å². The van der Waals surface area contributed by atoms with Gasteiger partial charge in [-0.3, -0.25) is 9.59 Å². The molecule has 126 valence electrons. The number of nitrogens with one attached hydrogen (secondary N) is 2. The summed E-state index contributed by atoms with van der Waals surface area (Å²) >= 11 is 5.11. The van der Waals surface area contributed by atoms with Crippen molar-refractivity contribution in [2.75, 3.05) is 18.4 Å². The van der Waals surface area contributed by atoms with Gasteiger partial charge in [0.1, 0.15) is 0 Å². The summed E-state index contributed by atoms with van der Waals surface area (Å²) < 4.78 is 0. The maximum absolute atomic E-state index is 12.2. The fourth-order valence-corrected chi connectivity index (χ4v) is 2.33. The van der Waals surface area contributed by atoms with Gasteiger partial charge in [-0.15, -0.1) is 0 Å². The van der Waals surface area contributed by atoms with E-state index in [4.69, 9.17) is 12.2 Å². The molecular weight excluding hydrogens is 310 g/mol. The van der Waals surface area contributed by atoms with Gasteiger partial charge in [-0.25, -0.2) is 0 Å². The normalized spacial score (nSPS) is 10.3. The summed E-state index contributed by atoms with van der Waals surface area (Å²) in [5, 5.41) is 5.85. The first-order valence-corrected chi connectivity index (χ1v) is 8.28. The van der Waals surface area contributed by atoms with Crippen molar-refractivity contribution in [3.05, 3.63) is 29.8 Å². The zero-order chi connectivity index (χ0) is 17.4. The number of amides is 2. The summed E-state index contributed by atoms with van der Waals surface area (Å²) in [6.45, 7) is 9.22. The first kappa shape index (κ1) is 19.1. The molecule has 1 aromatic rings. The molecule has 0 aromatic heterocycles. The van der Waals surface area contributed by atoms with E-state index in [0.717, 1.165) is 5.69 Å². The molecule has 0 heterocycles. The maximum atomic E-state index is 12.2. The smallest absolute Gasteiger partial charge is 0.253 e. The number of benzene rings is 1. The molecule has 2 N–H and O–H groups in total. The summed E-state index contributed by atoms with van der Waals surface area (Å²) in [6.07, 6.45) is 0.430. The van der Waals surface area contributed by atoms with Gasteiger partial charge in [0.15, 0.2) is 5.11 Å². The molecule has 0 aliphatic heterocycles. The second-order valence-corrected chi connectivity index (χ2v) is 6.06. The van der Waals surface area contributed by atoms with Crippen LogP contribution in [0.3, 0.4) is 0 Å². The average molecular weight is 335 g/mol. The largest absolute Gasteiger partial charge is 0.339 e. The molecule has 0 aliphatic carbocycles. The van der Waals surface area contributed by atoms with E-state index < -0.39 is 0 Å². The Bertz CT molecular complexity index is 551. The molecule has 5 nitrogen and oxygen atoms in total. The highest BCUT2D eigenvalue weighted by Crippen LogP contribution is 2.12. The van der Waals surface area contributed by atoms with E-state index in [9.17, 15) is 9.59 Å². The molecule has 23 heavy (non-hydrogen) atoms. The van der Waals surface area contributed by atoms with Crippen LogP contribution in [0.4, 0.5) is 5.69 Å². The highest BCUT2D eigenvalue weighted by Gasteiger charge is 2.12. The summed E-state index contributed by atoms with van der Waals surface area (Å²) in [5.41, 5.74) is 1.37. The number of anilines is 1. The Kier molecular flexibility index (Phi) is 7.68. The van der Waals surface area contributed by atoms with Gasteiger partial charge in [0.05, 0.1) is 0 Å². The topological polar surface area (TPSA) is 61.4 Å². The summed E-state index contributed by atoms with van der Waals surface area (Å²) in [5.74, 6) is 0.184. The Hall–Kier alpha value is -1.95. The van der Waals surface area contributed by atoms with E-state index in [1.54, 1.807) is 29.2 Å². The Morgan fingerprint density at radius 3 is 2.17 bits per heavy atom. The van der Waals surface area contributed by atoms with Gasteiger partial charge in [-0.1, -0.05) is 13.8 Å².